The molecular weight excluding hydrogens is 364 g/mol. The van der Waals surface area contributed by atoms with Gasteiger partial charge in [-0.3, -0.25) is 10.1 Å². The van der Waals surface area contributed by atoms with Crippen LogP contribution >= 0.6 is 11.6 Å². The van der Waals surface area contributed by atoms with Gasteiger partial charge in [-0.2, -0.15) is 0 Å². The molecular formula is C20H19ClN4O2. The highest BCUT2D eigenvalue weighted by Crippen LogP contribution is 2.31. The molecule has 1 N–H and O–H groups in total. The van der Waals surface area contributed by atoms with E-state index in [4.69, 9.17) is 16.3 Å². The van der Waals surface area contributed by atoms with Gasteiger partial charge in [0.1, 0.15) is 12.1 Å². The van der Waals surface area contributed by atoms with Gasteiger partial charge in [0, 0.05) is 11.4 Å². The van der Waals surface area contributed by atoms with E-state index in [1.54, 1.807) is 11.0 Å². The van der Waals surface area contributed by atoms with Crippen LogP contribution in [0.1, 0.15) is 22.3 Å². The Morgan fingerprint density at radius 1 is 1.26 bits per heavy atom. The smallest absolute Gasteiger partial charge is 0.268 e. The average molecular weight is 383 g/mol. The minimum Gasteiger partial charge on any atom is -0.480 e. The van der Waals surface area contributed by atoms with Gasteiger partial charge in [-0.1, -0.05) is 29.8 Å². The molecule has 0 radical (unpaired) electrons. The molecule has 1 aliphatic heterocycles. The fourth-order valence-corrected chi connectivity index (χ4v) is 3.18. The molecule has 1 aromatic heterocycles. The Balaban J connectivity index is 1.39. The lowest BCUT2D eigenvalue weighted by molar-refractivity contribution is -0.122. The van der Waals surface area contributed by atoms with Gasteiger partial charge in [-0.25, -0.2) is 9.67 Å². The minimum atomic E-state index is -0.565. The third-order valence-electron chi connectivity index (χ3n) is 4.67. The van der Waals surface area contributed by atoms with Crippen molar-refractivity contribution < 1.29 is 9.53 Å². The van der Waals surface area contributed by atoms with Crippen LogP contribution < -0.4 is 10.1 Å². The first kappa shape index (κ1) is 17.5. The number of carbonyl (C=O) groups is 1. The maximum atomic E-state index is 12.5. The van der Waals surface area contributed by atoms with E-state index in [2.05, 4.69) is 28.4 Å². The quantitative estimate of drug-likeness (QED) is 0.749. The van der Waals surface area contributed by atoms with E-state index in [0.717, 1.165) is 22.4 Å². The van der Waals surface area contributed by atoms with Crippen molar-refractivity contribution in [1.82, 2.24) is 14.8 Å². The van der Waals surface area contributed by atoms with Crippen LogP contribution in [-0.4, -0.2) is 26.8 Å². The van der Waals surface area contributed by atoms with Gasteiger partial charge in [0.05, 0.1) is 6.54 Å². The summed E-state index contributed by atoms with van der Waals surface area (Å²) in [6, 6.07) is 11.6. The summed E-state index contributed by atoms with van der Waals surface area (Å²) in [7, 11) is 0. The number of benzene rings is 2. The zero-order valence-electron chi connectivity index (χ0n) is 15.1. The molecule has 0 spiro atoms. The molecule has 0 bridgehead atoms. The van der Waals surface area contributed by atoms with Crippen LogP contribution in [0.2, 0.25) is 5.02 Å². The molecule has 0 saturated carbocycles. The molecule has 2 heterocycles. The van der Waals surface area contributed by atoms with Crippen molar-refractivity contribution in [2.24, 2.45) is 0 Å². The van der Waals surface area contributed by atoms with E-state index in [1.807, 2.05) is 37.3 Å². The molecule has 3 aromatic rings. The lowest BCUT2D eigenvalue weighted by Crippen LogP contribution is -2.31. The number of ether oxygens (including phenoxy) is 1. The van der Waals surface area contributed by atoms with Crippen molar-refractivity contribution in [3.05, 3.63) is 70.0 Å². The van der Waals surface area contributed by atoms with Crippen LogP contribution in [0.15, 0.2) is 42.7 Å². The lowest BCUT2D eigenvalue weighted by atomic mass is 10.0. The first-order valence-electron chi connectivity index (χ1n) is 8.69. The van der Waals surface area contributed by atoms with Crippen LogP contribution in [0.3, 0.4) is 0 Å². The Bertz CT molecular complexity index is 967. The highest BCUT2D eigenvalue weighted by atomic mass is 35.5. The number of carbonyl (C=O) groups excluding carboxylic acids is 1. The van der Waals surface area contributed by atoms with Crippen LogP contribution in [0.5, 0.6) is 5.75 Å². The molecule has 0 saturated heterocycles. The van der Waals surface area contributed by atoms with Crippen molar-refractivity contribution in [3.8, 4) is 5.75 Å². The fourth-order valence-electron chi connectivity index (χ4n) is 3.06. The Morgan fingerprint density at radius 3 is 2.78 bits per heavy atom. The third kappa shape index (κ3) is 3.80. The summed E-state index contributed by atoms with van der Waals surface area (Å²) in [6.45, 7) is 4.63. The second-order valence-corrected chi connectivity index (χ2v) is 7.17. The van der Waals surface area contributed by atoms with Gasteiger partial charge in [0.25, 0.3) is 5.91 Å². The number of fused-ring (bicyclic) bond motifs is 1. The summed E-state index contributed by atoms with van der Waals surface area (Å²) in [5.41, 5.74) is 4.44. The molecule has 27 heavy (non-hydrogen) atoms. The molecule has 138 valence electrons. The van der Waals surface area contributed by atoms with E-state index in [9.17, 15) is 4.79 Å². The standard InChI is InChI=1S/C20H19ClN4O2/c1-12-7-15-9-18(27-17(15)8-13(12)2)19(26)23-20-22-11-25(24-20)10-14-3-5-16(21)6-4-14/h3-8,11,18H,9-10H2,1-2H3,(H,23,24,26). The molecule has 1 amide bonds. The lowest BCUT2D eigenvalue weighted by Gasteiger charge is -2.09. The Labute approximate surface area is 162 Å². The maximum Gasteiger partial charge on any atom is 0.268 e. The summed E-state index contributed by atoms with van der Waals surface area (Å²) in [6.07, 6.45) is 1.57. The van der Waals surface area contributed by atoms with Crippen LogP contribution in [-0.2, 0) is 17.8 Å². The largest absolute Gasteiger partial charge is 0.480 e. The Hall–Kier alpha value is -2.86. The van der Waals surface area contributed by atoms with E-state index in [-0.39, 0.29) is 11.9 Å². The zero-order chi connectivity index (χ0) is 19.0. The van der Waals surface area contributed by atoms with Gasteiger partial charge in [-0.05, 0) is 54.3 Å². The van der Waals surface area contributed by atoms with Gasteiger partial charge in [-0.15, -0.1) is 5.10 Å². The highest BCUT2D eigenvalue weighted by molar-refractivity contribution is 6.30. The van der Waals surface area contributed by atoms with Crippen molar-refractivity contribution in [2.45, 2.75) is 32.9 Å². The van der Waals surface area contributed by atoms with Gasteiger partial charge >= 0.3 is 0 Å². The van der Waals surface area contributed by atoms with Crippen molar-refractivity contribution in [2.75, 3.05) is 5.32 Å². The second-order valence-electron chi connectivity index (χ2n) is 6.74. The van der Waals surface area contributed by atoms with Crippen molar-refractivity contribution >= 4 is 23.5 Å². The van der Waals surface area contributed by atoms with E-state index in [0.29, 0.717) is 18.0 Å². The normalized spacial score (nSPS) is 15.3. The first-order valence-corrected chi connectivity index (χ1v) is 9.07. The number of amides is 1. The molecule has 4 rings (SSSR count). The topological polar surface area (TPSA) is 69.0 Å². The van der Waals surface area contributed by atoms with E-state index >= 15 is 0 Å². The summed E-state index contributed by atoms with van der Waals surface area (Å²) in [5.74, 6) is 0.797. The van der Waals surface area contributed by atoms with Crippen molar-refractivity contribution in [3.63, 3.8) is 0 Å². The second kappa shape index (κ2) is 7.04. The van der Waals surface area contributed by atoms with Gasteiger partial charge in [0.2, 0.25) is 5.95 Å². The predicted octanol–water partition coefficient (Wildman–Crippen LogP) is 3.54. The van der Waals surface area contributed by atoms with E-state index < -0.39 is 6.10 Å². The number of rotatable bonds is 4. The number of aromatic nitrogens is 3. The van der Waals surface area contributed by atoms with E-state index in [1.165, 1.54) is 5.56 Å². The number of halogens is 1. The van der Waals surface area contributed by atoms with Gasteiger partial charge in [0.15, 0.2) is 6.10 Å². The number of anilines is 1. The number of nitrogens with one attached hydrogen (secondary N) is 1. The average Bonchev–Trinajstić information content (AvgIpc) is 3.24. The third-order valence-corrected chi connectivity index (χ3v) is 4.93. The van der Waals surface area contributed by atoms with Gasteiger partial charge < -0.3 is 4.74 Å². The molecule has 7 heteroatoms. The zero-order valence-corrected chi connectivity index (χ0v) is 15.8. The van der Waals surface area contributed by atoms with Crippen LogP contribution in [0, 0.1) is 13.8 Å². The minimum absolute atomic E-state index is 0.245. The first-order chi connectivity index (χ1) is 13.0. The van der Waals surface area contributed by atoms with Crippen LogP contribution in [0.25, 0.3) is 0 Å². The number of hydrogen-bond donors (Lipinski definition) is 1. The highest BCUT2D eigenvalue weighted by Gasteiger charge is 2.30. The molecule has 0 aliphatic carbocycles. The summed E-state index contributed by atoms with van der Waals surface area (Å²) in [5, 5.41) is 7.73. The van der Waals surface area contributed by atoms with Crippen LogP contribution in [0.4, 0.5) is 5.95 Å². The summed E-state index contributed by atoms with van der Waals surface area (Å²) >= 11 is 5.89. The SMILES string of the molecule is Cc1cc2c(cc1C)OC(C(=O)Nc1ncn(Cc3ccc(Cl)cc3)n1)C2. The number of aryl methyl sites for hydroxylation is 2. The Kier molecular flexibility index (Phi) is 4.58. The molecule has 2 aromatic carbocycles. The monoisotopic (exact) mass is 382 g/mol. The number of nitrogens with zero attached hydrogens (tertiary/aromatic N) is 3. The summed E-state index contributed by atoms with van der Waals surface area (Å²) < 4.78 is 7.47. The summed E-state index contributed by atoms with van der Waals surface area (Å²) in [4.78, 5) is 16.7. The molecule has 6 nitrogen and oxygen atoms in total. The number of hydrogen-bond acceptors (Lipinski definition) is 4. The molecule has 1 unspecified atom stereocenters. The molecule has 0 fully saturated rings. The fraction of sp³-hybridized carbons (Fsp3) is 0.250. The predicted molar refractivity (Wildman–Crippen MR) is 103 cm³/mol. The maximum absolute atomic E-state index is 12.5. The molecule has 1 aliphatic rings. The Morgan fingerprint density at radius 2 is 2.00 bits per heavy atom. The molecule has 1 atom stereocenters. The van der Waals surface area contributed by atoms with Crippen molar-refractivity contribution in [1.29, 1.82) is 0 Å².